The van der Waals surface area contributed by atoms with Crippen molar-refractivity contribution in [2.24, 2.45) is 0 Å². The van der Waals surface area contributed by atoms with Gasteiger partial charge in [0.05, 0.1) is 12.2 Å². The largest absolute Gasteiger partial charge is 0.484 e. The summed E-state index contributed by atoms with van der Waals surface area (Å²) >= 11 is 0. The molecule has 29 heavy (non-hydrogen) atoms. The molecule has 0 spiro atoms. The number of carbonyl (C=O) groups excluding carboxylic acids is 2. The molecule has 3 rings (SSSR count). The van der Waals surface area contributed by atoms with Gasteiger partial charge in [0.2, 0.25) is 0 Å². The minimum Gasteiger partial charge on any atom is -0.484 e. The van der Waals surface area contributed by atoms with E-state index in [1.165, 1.54) is 0 Å². The number of nitrogens with one attached hydrogen (secondary N) is 1. The average Bonchev–Trinajstić information content (AvgIpc) is 2.75. The highest BCUT2D eigenvalue weighted by atomic mass is 16.5. The first kappa shape index (κ1) is 19.9. The first-order valence-electron chi connectivity index (χ1n) is 9.17. The van der Waals surface area contributed by atoms with Crippen LogP contribution in [0.3, 0.4) is 0 Å². The Kier molecular flexibility index (Phi) is 6.84. The fourth-order valence-corrected chi connectivity index (χ4v) is 2.50. The van der Waals surface area contributed by atoms with Gasteiger partial charge < -0.3 is 19.5 Å². The summed E-state index contributed by atoms with van der Waals surface area (Å²) in [5.41, 5.74) is 0.998. The summed E-state index contributed by atoms with van der Waals surface area (Å²) in [6.45, 7) is 1.85. The Balaban J connectivity index is 1.51. The first-order chi connectivity index (χ1) is 14.1. The Morgan fingerprint density at radius 1 is 0.828 bits per heavy atom. The number of anilines is 1. The predicted octanol–water partition coefficient (Wildman–Crippen LogP) is 4.67. The third kappa shape index (κ3) is 6.10. The van der Waals surface area contributed by atoms with Gasteiger partial charge in [-0.05, 0) is 61.5 Å². The molecule has 0 heterocycles. The van der Waals surface area contributed by atoms with Gasteiger partial charge in [0.15, 0.2) is 6.61 Å². The number of ether oxygens (including phenoxy) is 3. The molecule has 148 valence electrons. The van der Waals surface area contributed by atoms with Gasteiger partial charge in [-0.3, -0.25) is 4.79 Å². The molecule has 3 aromatic carbocycles. The summed E-state index contributed by atoms with van der Waals surface area (Å²) in [7, 11) is 0. The second kappa shape index (κ2) is 9.94. The van der Waals surface area contributed by atoms with Crippen LogP contribution >= 0.6 is 0 Å². The van der Waals surface area contributed by atoms with Crippen LogP contribution in [-0.2, 0) is 9.53 Å². The predicted molar refractivity (Wildman–Crippen MR) is 109 cm³/mol. The molecule has 0 aromatic heterocycles. The number of esters is 1. The zero-order chi connectivity index (χ0) is 20.5. The molecule has 0 atom stereocenters. The lowest BCUT2D eigenvalue weighted by Gasteiger charge is -2.10. The quantitative estimate of drug-likeness (QED) is 0.565. The molecule has 6 heteroatoms. The Hall–Kier alpha value is -3.80. The van der Waals surface area contributed by atoms with E-state index in [9.17, 15) is 9.59 Å². The van der Waals surface area contributed by atoms with E-state index in [2.05, 4.69) is 5.32 Å². The number of hydrogen-bond acceptors (Lipinski definition) is 5. The van der Waals surface area contributed by atoms with Crippen LogP contribution < -0.4 is 14.8 Å². The third-order valence-corrected chi connectivity index (χ3v) is 3.83. The molecule has 0 aliphatic carbocycles. The maximum Gasteiger partial charge on any atom is 0.338 e. The van der Waals surface area contributed by atoms with Gasteiger partial charge in [-0.25, -0.2) is 4.79 Å². The maximum absolute atomic E-state index is 12.1. The van der Waals surface area contributed by atoms with Crippen LogP contribution in [0.25, 0.3) is 0 Å². The molecular formula is C23H21NO5. The van der Waals surface area contributed by atoms with Crippen LogP contribution in [0.1, 0.15) is 17.3 Å². The molecule has 3 aromatic rings. The van der Waals surface area contributed by atoms with Crippen molar-refractivity contribution in [1.82, 2.24) is 0 Å². The van der Waals surface area contributed by atoms with E-state index < -0.39 is 5.97 Å². The van der Waals surface area contributed by atoms with Gasteiger partial charge in [0, 0.05) is 5.69 Å². The highest BCUT2D eigenvalue weighted by Gasteiger charge is 2.09. The highest BCUT2D eigenvalue weighted by Crippen LogP contribution is 2.22. The Labute approximate surface area is 169 Å². The van der Waals surface area contributed by atoms with Gasteiger partial charge in [0.1, 0.15) is 17.2 Å². The molecule has 0 aliphatic rings. The van der Waals surface area contributed by atoms with Crippen LogP contribution in [0, 0.1) is 0 Å². The number of amides is 1. The number of para-hydroxylation sites is 1. The van der Waals surface area contributed by atoms with Crippen molar-refractivity contribution in [3.05, 3.63) is 84.4 Å². The third-order valence-electron chi connectivity index (χ3n) is 3.83. The number of benzene rings is 3. The van der Waals surface area contributed by atoms with E-state index in [1.54, 1.807) is 55.5 Å². The fraction of sp³-hybridized carbons (Fsp3) is 0.130. The van der Waals surface area contributed by atoms with Crippen LogP contribution in [-0.4, -0.2) is 25.1 Å². The van der Waals surface area contributed by atoms with Crippen molar-refractivity contribution in [3.63, 3.8) is 0 Å². The average molecular weight is 391 g/mol. The SMILES string of the molecule is CCOC(=O)c1cccc(OCC(=O)Nc2ccc(Oc3ccccc3)cc2)c1. The summed E-state index contributed by atoms with van der Waals surface area (Å²) in [4.78, 5) is 23.9. The monoisotopic (exact) mass is 391 g/mol. The van der Waals surface area contributed by atoms with Gasteiger partial charge in [-0.1, -0.05) is 24.3 Å². The van der Waals surface area contributed by atoms with Gasteiger partial charge in [-0.15, -0.1) is 0 Å². The topological polar surface area (TPSA) is 73.9 Å². The maximum atomic E-state index is 12.1. The van der Waals surface area contributed by atoms with E-state index in [-0.39, 0.29) is 12.5 Å². The van der Waals surface area contributed by atoms with Gasteiger partial charge in [0.25, 0.3) is 5.91 Å². The van der Waals surface area contributed by atoms with E-state index >= 15 is 0 Å². The fourth-order valence-electron chi connectivity index (χ4n) is 2.50. The Bertz CT molecular complexity index is 955. The lowest BCUT2D eigenvalue weighted by Crippen LogP contribution is -2.20. The van der Waals surface area contributed by atoms with Crippen molar-refractivity contribution in [2.45, 2.75) is 6.92 Å². The molecule has 0 aliphatic heterocycles. The molecule has 1 amide bonds. The zero-order valence-corrected chi connectivity index (χ0v) is 16.0. The Morgan fingerprint density at radius 3 is 2.24 bits per heavy atom. The summed E-state index contributed by atoms with van der Waals surface area (Å²) in [5, 5.41) is 2.75. The van der Waals surface area contributed by atoms with Crippen LogP contribution in [0.15, 0.2) is 78.9 Å². The highest BCUT2D eigenvalue weighted by molar-refractivity contribution is 5.92. The molecule has 6 nitrogen and oxygen atoms in total. The molecule has 0 radical (unpaired) electrons. The van der Waals surface area contributed by atoms with E-state index in [0.29, 0.717) is 29.4 Å². The van der Waals surface area contributed by atoms with E-state index in [4.69, 9.17) is 14.2 Å². The Morgan fingerprint density at radius 2 is 1.52 bits per heavy atom. The smallest absolute Gasteiger partial charge is 0.338 e. The first-order valence-corrected chi connectivity index (χ1v) is 9.17. The van der Waals surface area contributed by atoms with Gasteiger partial charge >= 0.3 is 5.97 Å². The molecule has 0 fully saturated rings. The number of rotatable bonds is 8. The van der Waals surface area contributed by atoms with E-state index in [1.807, 2.05) is 30.3 Å². The number of hydrogen-bond donors (Lipinski definition) is 1. The molecular weight excluding hydrogens is 370 g/mol. The molecule has 0 saturated carbocycles. The lowest BCUT2D eigenvalue weighted by molar-refractivity contribution is -0.118. The number of carbonyl (C=O) groups is 2. The molecule has 0 unspecified atom stereocenters. The molecule has 0 bridgehead atoms. The van der Waals surface area contributed by atoms with Crippen LogP contribution in [0.4, 0.5) is 5.69 Å². The van der Waals surface area contributed by atoms with Gasteiger partial charge in [-0.2, -0.15) is 0 Å². The van der Waals surface area contributed by atoms with Crippen molar-refractivity contribution in [1.29, 1.82) is 0 Å². The summed E-state index contributed by atoms with van der Waals surface area (Å²) in [6, 6.07) is 23.0. The van der Waals surface area contributed by atoms with Crippen LogP contribution in [0.2, 0.25) is 0 Å². The summed E-state index contributed by atoms with van der Waals surface area (Å²) in [5.74, 6) is 1.07. The minimum absolute atomic E-state index is 0.186. The van der Waals surface area contributed by atoms with Crippen molar-refractivity contribution < 1.29 is 23.8 Å². The van der Waals surface area contributed by atoms with Crippen molar-refractivity contribution >= 4 is 17.6 Å². The molecule has 0 saturated heterocycles. The van der Waals surface area contributed by atoms with Crippen molar-refractivity contribution in [2.75, 3.05) is 18.5 Å². The normalized spacial score (nSPS) is 10.1. The summed E-state index contributed by atoms with van der Waals surface area (Å²) < 4.78 is 16.1. The standard InChI is InChI=1S/C23H21NO5/c1-2-27-23(26)17-7-6-10-21(15-17)28-16-22(25)24-18-11-13-20(14-12-18)29-19-8-4-3-5-9-19/h3-15H,2,16H2,1H3,(H,24,25). The zero-order valence-electron chi connectivity index (χ0n) is 16.0. The second-order valence-corrected chi connectivity index (χ2v) is 6.02. The van der Waals surface area contributed by atoms with E-state index in [0.717, 1.165) is 5.75 Å². The molecule has 1 N–H and O–H groups in total. The summed E-state index contributed by atoms with van der Waals surface area (Å²) in [6.07, 6.45) is 0. The lowest BCUT2D eigenvalue weighted by atomic mass is 10.2. The second-order valence-electron chi connectivity index (χ2n) is 6.02. The van der Waals surface area contributed by atoms with Crippen molar-refractivity contribution in [3.8, 4) is 17.2 Å². The minimum atomic E-state index is -0.430. The van der Waals surface area contributed by atoms with Crippen LogP contribution in [0.5, 0.6) is 17.2 Å².